The average molecular weight is 504 g/mol. The maximum atomic E-state index is 2.39. The topological polar surface area (TPSA) is 16.6 Å². The summed E-state index contributed by atoms with van der Waals surface area (Å²) in [7, 11) is 6.43. The fourth-order valence-electron chi connectivity index (χ4n) is 5.45. The van der Waals surface area contributed by atoms with Crippen LogP contribution in [0, 0.1) is 0 Å². The first-order valence-electron chi connectivity index (χ1n) is 13.5. The van der Waals surface area contributed by atoms with Crippen molar-refractivity contribution in [1.82, 2.24) is 4.57 Å². The number of pyridine rings is 2. The normalized spacial score (nSPS) is 11.5. The Kier molecular flexibility index (Phi) is 6.98. The number of rotatable bonds is 6. The minimum atomic E-state index is 0.420. The van der Waals surface area contributed by atoms with Crippen LogP contribution in [-0.4, -0.2) is 4.57 Å². The van der Waals surface area contributed by atoms with Crippen molar-refractivity contribution in [2.24, 2.45) is 21.1 Å². The lowest BCUT2D eigenvalue weighted by atomic mass is 9.92. The molecule has 5 rings (SSSR count). The van der Waals surface area contributed by atoms with E-state index in [9.17, 15) is 0 Å². The molecule has 0 bridgehead atoms. The standard InChI is InChI=1S/C34H39N4/c1-24(2)28-15-11-16-29(25(3)4)33(28)38-22-21-36(6)34(38)31-18-12-17-30(37(31)7)32-23-27(19-20-35(32)5)26-13-9-8-10-14-26/h8-25H,1-7H3/q+3. The van der Waals surface area contributed by atoms with Gasteiger partial charge in [-0.1, -0.05) is 76.2 Å². The Morgan fingerprint density at radius 3 is 1.87 bits per heavy atom. The van der Waals surface area contributed by atoms with Crippen LogP contribution in [0.5, 0.6) is 0 Å². The molecule has 0 aliphatic heterocycles. The predicted octanol–water partition coefficient (Wildman–Crippen LogP) is 6.20. The largest absolute Gasteiger partial charge is 0.359 e. The van der Waals surface area contributed by atoms with Gasteiger partial charge in [0.2, 0.25) is 0 Å². The first kappa shape index (κ1) is 25.6. The van der Waals surface area contributed by atoms with Crippen molar-refractivity contribution in [2.75, 3.05) is 0 Å². The Hall–Kier alpha value is -4.05. The molecule has 0 atom stereocenters. The van der Waals surface area contributed by atoms with E-state index in [1.807, 2.05) is 0 Å². The zero-order valence-electron chi connectivity index (χ0n) is 23.7. The molecule has 0 fully saturated rings. The van der Waals surface area contributed by atoms with Crippen molar-refractivity contribution < 1.29 is 13.7 Å². The maximum absolute atomic E-state index is 2.39. The molecule has 0 amide bonds. The molecule has 0 saturated carbocycles. The van der Waals surface area contributed by atoms with E-state index in [1.165, 1.54) is 33.6 Å². The van der Waals surface area contributed by atoms with E-state index < -0.39 is 0 Å². The molecule has 3 heterocycles. The second-order valence-corrected chi connectivity index (χ2v) is 10.8. The second-order valence-electron chi connectivity index (χ2n) is 10.8. The number of benzene rings is 2. The monoisotopic (exact) mass is 503 g/mol. The Bertz CT molecular complexity index is 1570. The van der Waals surface area contributed by atoms with Crippen molar-refractivity contribution in [3.8, 4) is 39.7 Å². The van der Waals surface area contributed by atoms with Gasteiger partial charge in [0, 0.05) is 35.4 Å². The quantitative estimate of drug-likeness (QED) is 0.246. The van der Waals surface area contributed by atoms with Gasteiger partial charge in [-0.15, -0.1) is 0 Å². The molecule has 3 aromatic heterocycles. The molecule has 0 N–H and O–H groups in total. The van der Waals surface area contributed by atoms with Gasteiger partial charge in [-0.2, -0.15) is 13.7 Å². The zero-order chi connectivity index (χ0) is 27.0. The first-order valence-corrected chi connectivity index (χ1v) is 13.5. The van der Waals surface area contributed by atoms with Crippen molar-refractivity contribution in [2.45, 2.75) is 39.5 Å². The van der Waals surface area contributed by atoms with Crippen LogP contribution in [-0.2, 0) is 21.1 Å². The van der Waals surface area contributed by atoms with Crippen molar-refractivity contribution >= 4 is 0 Å². The van der Waals surface area contributed by atoms with Crippen LogP contribution in [0.2, 0.25) is 0 Å². The Labute approximate surface area is 227 Å². The highest BCUT2D eigenvalue weighted by molar-refractivity contribution is 5.67. The molecule has 0 radical (unpaired) electrons. The van der Waals surface area contributed by atoms with E-state index in [0.717, 1.165) is 17.2 Å². The number of aromatic nitrogens is 4. The maximum Gasteiger partial charge on any atom is 0.359 e. The van der Waals surface area contributed by atoms with Gasteiger partial charge in [0.1, 0.15) is 32.2 Å². The molecule has 0 spiro atoms. The van der Waals surface area contributed by atoms with Crippen molar-refractivity contribution in [1.29, 1.82) is 0 Å². The summed E-state index contributed by atoms with van der Waals surface area (Å²) < 4.78 is 9.16. The summed E-state index contributed by atoms with van der Waals surface area (Å²) in [6, 6.07) is 28.4. The molecule has 38 heavy (non-hydrogen) atoms. The molecule has 2 aromatic carbocycles. The third kappa shape index (κ3) is 4.56. The molecule has 192 valence electrons. The van der Waals surface area contributed by atoms with E-state index in [-0.39, 0.29) is 0 Å². The van der Waals surface area contributed by atoms with Crippen molar-refractivity contribution in [3.05, 3.63) is 109 Å². The molecule has 0 unspecified atom stereocenters. The van der Waals surface area contributed by atoms with Crippen LogP contribution in [0.15, 0.2) is 97.5 Å². The fourth-order valence-corrected chi connectivity index (χ4v) is 5.45. The summed E-state index contributed by atoms with van der Waals surface area (Å²) in [4.78, 5) is 0. The average Bonchev–Trinajstić information content (AvgIpc) is 3.30. The number of hydrogen-bond donors (Lipinski definition) is 0. The highest BCUT2D eigenvalue weighted by atomic mass is 15.2. The van der Waals surface area contributed by atoms with Gasteiger partial charge in [-0.25, -0.2) is 4.57 Å². The summed E-state index contributed by atoms with van der Waals surface area (Å²) in [5.74, 6) is 2.00. The molecular formula is C34H39N4+3. The summed E-state index contributed by atoms with van der Waals surface area (Å²) in [5.41, 5.74) is 9.97. The van der Waals surface area contributed by atoms with E-state index in [4.69, 9.17) is 0 Å². The molecule has 0 aliphatic carbocycles. The Morgan fingerprint density at radius 1 is 0.579 bits per heavy atom. The van der Waals surface area contributed by atoms with E-state index in [1.54, 1.807) is 0 Å². The van der Waals surface area contributed by atoms with Crippen molar-refractivity contribution in [3.63, 3.8) is 0 Å². The van der Waals surface area contributed by atoms with Crippen LogP contribution >= 0.6 is 0 Å². The summed E-state index contributed by atoms with van der Waals surface area (Å²) in [6.07, 6.45) is 6.53. The van der Waals surface area contributed by atoms with Gasteiger partial charge in [-0.3, -0.25) is 0 Å². The van der Waals surface area contributed by atoms with Gasteiger partial charge in [0.05, 0.1) is 7.05 Å². The highest BCUT2D eigenvalue weighted by Gasteiger charge is 2.33. The lowest BCUT2D eigenvalue weighted by Gasteiger charge is -2.17. The van der Waals surface area contributed by atoms with Gasteiger partial charge in [0.15, 0.2) is 6.20 Å². The Balaban J connectivity index is 1.72. The van der Waals surface area contributed by atoms with E-state index >= 15 is 0 Å². The van der Waals surface area contributed by atoms with E-state index in [2.05, 4.69) is 165 Å². The Morgan fingerprint density at radius 2 is 1.21 bits per heavy atom. The third-order valence-corrected chi connectivity index (χ3v) is 7.56. The zero-order valence-corrected chi connectivity index (χ0v) is 23.7. The van der Waals surface area contributed by atoms with E-state index in [0.29, 0.717) is 11.8 Å². The molecular weight excluding hydrogens is 464 g/mol. The number of para-hydroxylation sites is 1. The molecule has 4 nitrogen and oxygen atoms in total. The number of hydrogen-bond acceptors (Lipinski definition) is 0. The summed E-state index contributed by atoms with van der Waals surface area (Å²) in [6.45, 7) is 9.14. The second kappa shape index (κ2) is 10.4. The van der Waals surface area contributed by atoms with Gasteiger partial charge in [0.25, 0.3) is 17.1 Å². The SMILES string of the molecule is CC(C)c1cccc(C(C)C)c1-n1cc[n+](C)c1-c1cccc(-c2cc(-c3ccccc3)cc[n+]2C)[n+]1C. The summed E-state index contributed by atoms with van der Waals surface area (Å²) >= 11 is 0. The lowest BCUT2D eigenvalue weighted by Crippen LogP contribution is -2.42. The number of nitrogens with zero attached hydrogens (tertiary/aromatic N) is 4. The molecule has 5 aromatic rings. The minimum Gasteiger partial charge on any atom is -0.227 e. The number of imidazole rings is 1. The van der Waals surface area contributed by atoms with Crippen LogP contribution in [0.3, 0.4) is 0 Å². The fraction of sp³-hybridized carbons (Fsp3) is 0.265. The van der Waals surface area contributed by atoms with Gasteiger partial charge < -0.3 is 0 Å². The molecule has 0 saturated heterocycles. The first-order chi connectivity index (χ1) is 18.3. The summed E-state index contributed by atoms with van der Waals surface area (Å²) in [5, 5.41) is 0. The molecule has 4 heteroatoms. The third-order valence-electron chi connectivity index (χ3n) is 7.56. The number of aryl methyl sites for hydroxylation is 2. The predicted molar refractivity (Wildman–Crippen MR) is 154 cm³/mol. The van der Waals surface area contributed by atoms with Gasteiger partial charge in [-0.05, 0) is 29.0 Å². The molecule has 0 aliphatic rings. The van der Waals surface area contributed by atoms with Crippen LogP contribution in [0.25, 0.3) is 39.7 Å². The smallest absolute Gasteiger partial charge is 0.227 e. The van der Waals surface area contributed by atoms with Crippen LogP contribution in [0.4, 0.5) is 0 Å². The van der Waals surface area contributed by atoms with Gasteiger partial charge >= 0.3 is 5.82 Å². The van der Waals surface area contributed by atoms with Crippen LogP contribution < -0.4 is 13.7 Å². The van der Waals surface area contributed by atoms with Crippen LogP contribution in [0.1, 0.15) is 50.7 Å². The lowest BCUT2D eigenvalue weighted by molar-refractivity contribution is -0.697. The minimum absolute atomic E-state index is 0.420. The highest BCUT2D eigenvalue weighted by Crippen LogP contribution is 2.33.